The van der Waals surface area contributed by atoms with Crippen LogP contribution in [0.2, 0.25) is 0 Å². The van der Waals surface area contributed by atoms with Crippen molar-refractivity contribution in [2.75, 3.05) is 5.73 Å². The number of nitrogens with two attached hydrogens (primary N) is 1. The molecule has 2 aromatic carbocycles. The second kappa shape index (κ2) is 5.70. The van der Waals surface area contributed by atoms with Gasteiger partial charge in [-0.05, 0) is 53.5 Å². The fraction of sp³-hybridized carbons (Fsp3) is 0.368. The fourth-order valence-electron chi connectivity index (χ4n) is 3.22. The Balaban J connectivity index is 1.76. The van der Waals surface area contributed by atoms with Crippen molar-refractivity contribution in [1.29, 1.82) is 0 Å². The molecule has 1 saturated carbocycles. The third-order valence-corrected chi connectivity index (χ3v) is 4.64. The average Bonchev–Trinajstić information content (AvgIpc) is 2.49. The van der Waals surface area contributed by atoms with Crippen LogP contribution in [0, 0.1) is 5.92 Å². The Hall–Kier alpha value is -1.76. The summed E-state index contributed by atoms with van der Waals surface area (Å²) in [4.78, 5) is 0. The molecule has 0 amide bonds. The second-order valence-corrected chi connectivity index (χ2v) is 6.20. The van der Waals surface area contributed by atoms with Crippen molar-refractivity contribution in [2.24, 2.45) is 5.92 Å². The summed E-state index contributed by atoms with van der Waals surface area (Å²) in [5.74, 6) is 1.69. The monoisotopic (exact) mass is 265 g/mol. The number of rotatable bonds is 2. The average molecular weight is 265 g/mol. The van der Waals surface area contributed by atoms with E-state index in [9.17, 15) is 0 Å². The van der Waals surface area contributed by atoms with Gasteiger partial charge in [-0.2, -0.15) is 0 Å². The number of anilines is 1. The predicted molar refractivity (Wildman–Crippen MR) is 86.7 cm³/mol. The van der Waals surface area contributed by atoms with E-state index in [-0.39, 0.29) is 0 Å². The molecule has 0 atom stereocenters. The van der Waals surface area contributed by atoms with Crippen LogP contribution >= 0.6 is 0 Å². The van der Waals surface area contributed by atoms with Crippen molar-refractivity contribution in [2.45, 2.75) is 38.5 Å². The zero-order chi connectivity index (χ0) is 13.9. The van der Waals surface area contributed by atoms with E-state index in [2.05, 4.69) is 43.3 Å². The van der Waals surface area contributed by atoms with Gasteiger partial charge in [-0.25, -0.2) is 0 Å². The Kier molecular flexibility index (Phi) is 3.77. The predicted octanol–water partition coefficient (Wildman–Crippen LogP) is 5.23. The van der Waals surface area contributed by atoms with Crippen molar-refractivity contribution in [3.8, 4) is 11.1 Å². The lowest BCUT2D eigenvalue weighted by Crippen LogP contribution is -2.10. The molecule has 0 unspecified atom stereocenters. The SMILES string of the molecule is CC1CCC(c2ccc(-c3ccc(N)cc3)cc2)CC1. The molecule has 1 nitrogen and oxygen atoms in total. The highest BCUT2D eigenvalue weighted by Gasteiger charge is 2.19. The van der Waals surface area contributed by atoms with E-state index in [1.165, 1.54) is 42.4 Å². The summed E-state index contributed by atoms with van der Waals surface area (Å²) in [7, 11) is 0. The lowest BCUT2D eigenvalue weighted by molar-refractivity contribution is 0.348. The molecule has 0 saturated heterocycles. The summed E-state index contributed by atoms with van der Waals surface area (Å²) < 4.78 is 0. The molecule has 0 bridgehead atoms. The quantitative estimate of drug-likeness (QED) is 0.739. The number of benzene rings is 2. The van der Waals surface area contributed by atoms with Crippen LogP contribution in [0.15, 0.2) is 48.5 Å². The summed E-state index contributed by atoms with van der Waals surface area (Å²) >= 11 is 0. The maximum atomic E-state index is 5.74. The highest BCUT2D eigenvalue weighted by Crippen LogP contribution is 2.36. The molecule has 0 radical (unpaired) electrons. The van der Waals surface area contributed by atoms with Gasteiger partial charge >= 0.3 is 0 Å². The molecular formula is C19H23N. The van der Waals surface area contributed by atoms with E-state index in [0.717, 1.165) is 17.5 Å². The Bertz CT molecular complexity index is 545. The van der Waals surface area contributed by atoms with Crippen LogP contribution in [-0.4, -0.2) is 0 Å². The summed E-state index contributed by atoms with van der Waals surface area (Å²) in [6.45, 7) is 2.38. The maximum absolute atomic E-state index is 5.74. The van der Waals surface area contributed by atoms with Gasteiger partial charge in [-0.15, -0.1) is 0 Å². The zero-order valence-electron chi connectivity index (χ0n) is 12.2. The van der Waals surface area contributed by atoms with E-state index in [0.29, 0.717) is 0 Å². The molecule has 1 fully saturated rings. The molecule has 1 heteroatoms. The van der Waals surface area contributed by atoms with Gasteiger partial charge in [-0.1, -0.05) is 56.2 Å². The summed E-state index contributed by atoms with van der Waals surface area (Å²) in [5.41, 5.74) is 10.6. The van der Waals surface area contributed by atoms with Crippen LogP contribution in [0.25, 0.3) is 11.1 Å². The molecular weight excluding hydrogens is 242 g/mol. The van der Waals surface area contributed by atoms with Crippen LogP contribution in [0.5, 0.6) is 0 Å². The molecule has 3 rings (SSSR count). The summed E-state index contributed by atoms with van der Waals surface area (Å²) in [6, 6.07) is 17.2. The molecule has 20 heavy (non-hydrogen) atoms. The fourth-order valence-corrected chi connectivity index (χ4v) is 3.22. The molecule has 0 aromatic heterocycles. The molecule has 2 aromatic rings. The van der Waals surface area contributed by atoms with Crippen LogP contribution in [0.1, 0.15) is 44.1 Å². The van der Waals surface area contributed by atoms with E-state index in [1.54, 1.807) is 0 Å². The summed E-state index contributed by atoms with van der Waals surface area (Å²) in [6.07, 6.45) is 5.46. The Morgan fingerprint density at radius 3 is 1.80 bits per heavy atom. The Labute approximate surface area is 121 Å². The maximum Gasteiger partial charge on any atom is 0.0314 e. The van der Waals surface area contributed by atoms with Crippen LogP contribution in [0.3, 0.4) is 0 Å². The number of hydrogen-bond acceptors (Lipinski definition) is 1. The van der Waals surface area contributed by atoms with E-state index in [4.69, 9.17) is 5.73 Å². The van der Waals surface area contributed by atoms with Gasteiger partial charge in [0.1, 0.15) is 0 Å². The molecule has 0 aliphatic heterocycles. The number of hydrogen-bond donors (Lipinski definition) is 1. The zero-order valence-corrected chi connectivity index (χ0v) is 12.2. The lowest BCUT2D eigenvalue weighted by atomic mass is 9.79. The summed E-state index contributed by atoms with van der Waals surface area (Å²) in [5, 5.41) is 0. The van der Waals surface area contributed by atoms with Crippen molar-refractivity contribution < 1.29 is 0 Å². The molecule has 1 aliphatic rings. The topological polar surface area (TPSA) is 26.0 Å². The molecule has 1 aliphatic carbocycles. The molecule has 0 heterocycles. The normalized spacial score (nSPS) is 22.6. The van der Waals surface area contributed by atoms with Gasteiger partial charge in [0.2, 0.25) is 0 Å². The molecule has 104 valence electrons. The molecule has 2 N–H and O–H groups in total. The first-order valence-corrected chi connectivity index (χ1v) is 7.68. The van der Waals surface area contributed by atoms with Crippen LogP contribution in [-0.2, 0) is 0 Å². The van der Waals surface area contributed by atoms with Crippen LogP contribution in [0.4, 0.5) is 5.69 Å². The van der Waals surface area contributed by atoms with Crippen molar-refractivity contribution in [1.82, 2.24) is 0 Å². The first-order chi connectivity index (χ1) is 9.72. The van der Waals surface area contributed by atoms with Crippen LogP contribution < -0.4 is 5.73 Å². The van der Waals surface area contributed by atoms with Gasteiger partial charge in [0.25, 0.3) is 0 Å². The van der Waals surface area contributed by atoms with Crippen molar-refractivity contribution >= 4 is 5.69 Å². The number of nitrogen functional groups attached to an aromatic ring is 1. The first kappa shape index (κ1) is 13.2. The third kappa shape index (κ3) is 2.87. The Morgan fingerprint density at radius 2 is 1.25 bits per heavy atom. The second-order valence-electron chi connectivity index (χ2n) is 6.20. The van der Waals surface area contributed by atoms with Gasteiger partial charge in [0.05, 0.1) is 0 Å². The van der Waals surface area contributed by atoms with Crippen molar-refractivity contribution in [3.05, 3.63) is 54.1 Å². The van der Waals surface area contributed by atoms with Gasteiger partial charge in [-0.3, -0.25) is 0 Å². The third-order valence-electron chi connectivity index (χ3n) is 4.64. The van der Waals surface area contributed by atoms with Gasteiger partial charge < -0.3 is 5.73 Å². The minimum absolute atomic E-state index is 0.770. The minimum Gasteiger partial charge on any atom is -0.399 e. The smallest absolute Gasteiger partial charge is 0.0314 e. The lowest BCUT2D eigenvalue weighted by Gasteiger charge is -2.26. The Morgan fingerprint density at radius 1 is 0.750 bits per heavy atom. The highest BCUT2D eigenvalue weighted by molar-refractivity contribution is 5.65. The highest BCUT2D eigenvalue weighted by atomic mass is 14.5. The van der Waals surface area contributed by atoms with Gasteiger partial charge in [0.15, 0.2) is 0 Å². The van der Waals surface area contributed by atoms with E-state index >= 15 is 0 Å². The first-order valence-electron chi connectivity index (χ1n) is 7.68. The minimum atomic E-state index is 0.770. The molecule has 0 spiro atoms. The van der Waals surface area contributed by atoms with Crippen molar-refractivity contribution in [3.63, 3.8) is 0 Å². The van der Waals surface area contributed by atoms with Gasteiger partial charge in [0, 0.05) is 5.69 Å². The standard InChI is InChI=1S/C19H23N/c1-14-2-4-15(5-3-14)16-6-8-17(9-7-16)18-10-12-19(20)13-11-18/h6-15H,2-5,20H2,1H3. The largest absolute Gasteiger partial charge is 0.399 e. The van der Waals surface area contributed by atoms with E-state index < -0.39 is 0 Å². The van der Waals surface area contributed by atoms with E-state index in [1.807, 2.05) is 12.1 Å².